The summed E-state index contributed by atoms with van der Waals surface area (Å²) < 4.78 is 21.5. The van der Waals surface area contributed by atoms with Gasteiger partial charge in [-0.3, -0.25) is 9.59 Å². The fourth-order valence-corrected chi connectivity index (χ4v) is 2.86. The first kappa shape index (κ1) is 20.3. The Bertz CT molecular complexity index is 925. The van der Waals surface area contributed by atoms with Crippen molar-refractivity contribution in [2.75, 3.05) is 27.6 Å². The lowest BCUT2D eigenvalue weighted by atomic mass is 9.93. The maximum atomic E-state index is 12.8. The van der Waals surface area contributed by atoms with Gasteiger partial charge in [-0.25, -0.2) is 0 Å². The molecule has 1 aliphatic heterocycles. The van der Waals surface area contributed by atoms with Crippen LogP contribution in [0.1, 0.15) is 29.8 Å². The van der Waals surface area contributed by atoms with E-state index in [0.29, 0.717) is 28.6 Å². The van der Waals surface area contributed by atoms with Crippen LogP contribution >= 0.6 is 0 Å². The number of ether oxygens (including phenoxy) is 4. The zero-order valence-corrected chi connectivity index (χ0v) is 16.8. The Kier molecular flexibility index (Phi) is 5.81. The number of hydrogen-bond donors (Lipinski definition) is 2. The van der Waals surface area contributed by atoms with Crippen molar-refractivity contribution in [2.45, 2.75) is 19.4 Å². The molecular weight excluding hydrogens is 376 g/mol. The molecule has 0 aliphatic carbocycles. The highest BCUT2D eigenvalue weighted by Gasteiger charge is 2.26. The summed E-state index contributed by atoms with van der Waals surface area (Å²) in [6, 6.07) is 10.4. The van der Waals surface area contributed by atoms with Crippen LogP contribution in [0.4, 0.5) is 0 Å². The molecular formula is C21H24N2O6. The summed E-state index contributed by atoms with van der Waals surface area (Å²) in [6.07, 6.45) is 0. The Morgan fingerprint density at radius 2 is 1.83 bits per heavy atom. The SMILES string of the molecule is CNC(=O)COc1ccc(C(=O)NC(C)(C)c2ccc3c(c2)OCO3)cc1OC. The number of methoxy groups -OCH3 is 1. The molecule has 0 aromatic heterocycles. The first-order chi connectivity index (χ1) is 13.8. The lowest BCUT2D eigenvalue weighted by molar-refractivity contribution is -0.122. The molecule has 0 fully saturated rings. The maximum Gasteiger partial charge on any atom is 0.257 e. The number of carbonyl (C=O) groups excluding carboxylic acids is 2. The Labute approximate surface area is 169 Å². The molecule has 0 radical (unpaired) electrons. The number of carbonyl (C=O) groups is 2. The zero-order valence-electron chi connectivity index (χ0n) is 16.8. The van der Waals surface area contributed by atoms with Gasteiger partial charge < -0.3 is 29.6 Å². The molecule has 29 heavy (non-hydrogen) atoms. The van der Waals surface area contributed by atoms with Gasteiger partial charge in [0.15, 0.2) is 29.6 Å². The van der Waals surface area contributed by atoms with Crippen LogP contribution < -0.4 is 29.6 Å². The second-order valence-corrected chi connectivity index (χ2v) is 6.97. The van der Waals surface area contributed by atoms with E-state index in [1.54, 1.807) is 18.2 Å². The highest BCUT2D eigenvalue weighted by molar-refractivity contribution is 5.95. The van der Waals surface area contributed by atoms with Gasteiger partial charge in [0.05, 0.1) is 12.6 Å². The van der Waals surface area contributed by atoms with E-state index in [0.717, 1.165) is 5.56 Å². The van der Waals surface area contributed by atoms with Gasteiger partial charge in [-0.15, -0.1) is 0 Å². The molecule has 2 N–H and O–H groups in total. The van der Waals surface area contributed by atoms with E-state index in [1.807, 2.05) is 32.0 Å². The van der Waals surface area contributed by atoms with Gasteiger partial charge in [0.2, 0.25) is 6.79 Å². The fourth-order valence-electron chi connectivity index (χ4n) is 2.86. The van der Waals surface area contributed by atoms with Crippen LogP contribution in [0.25, 0.3) is 0 Å². The number of fused-ring (bicyclic) bond motifs is 1. The van der Waals surface area contributed by atoms with Crippen molar-refractivity contribution in [2.24, 2.45) is 0 Å². The van der Waals surface area contributed by atoms with Crippen molar-refractivity contribution in [3.8, 4) is 23.0 Å². The molecule has 154 valence electrons. The molecule has 3 rings (SSSR count). The summed E-state index contributed by atoms with van der Waals surface area (Å²) in [6.45, 7) is 3.86. The Hall–Kier alpha value is -3.42. The molecule has 1 heterocycles. The highest BCUT2D eigenvalue weighted by Crippen LogP contribution is 2.36. The molecule has 1 aliphatic rings. The highest BCUT2D eigenvalue weighted by atomic mass is 16.7. The lowest BCUT2D eigenvalue weighted by Gasteiger charge is -2.27. The van der Waals surface area contributed by atoms with E-state index in [2.05, 4.69) is 10.6 Å². The predicted octanol–water partition coefficient (Wildman–Crippen LogP) is 2.21. The summed E-state index contributed by atoms with van der Waals surface area (Å²) in [5.41, 5.74) is 0.634. The second-order valence-electron chi connectivity index (χ2n) is 6.97. The standard InChI is InChI=1S/C21H24N2O6/c1-21(2,14-6-8-16-18(10-14)29-12-28-16)23-20(25)13-5-7-15(17(9-13)26-4)27-11-19(24)22-3/h5-10H,11-12H2,1-4H3,(H,22,24)(H,23,25). The van der Waals surface area contributed by atoms with Crippen molar-refractivity contribution < 1.29 is 28.5 Å². The first-order valence-corrected chi connectivity index (χ1v) is 9.08. The average Bonchev–Trinajstić information content (AvgIpc) is 3.19. The maximum absolute atomic E-state index is 12.8. The van der Waals surface area contributed by atoms with Gasteiger partial charge in [0.1, 0.15) is 0 Å². The summed E-state index contributed by atoms with van der Waals surface area (Å²) in [7, 11) is 3.00. The number of amides is 2. The quantitative estimate of drug-likeness (QED) is 0.740. The van der Waals surface area contributed by atoms with E-state index >= 15 is 0 Å². The van der Waals surface area contributed by atoms with Crippen LogP contribution in [-0.2, 0) is 10.3 Å². The number of hydrogen-bond acceptors (Lipinski definition) is 6. The Morgan fingerprint density at radius 1 is 1.07 bits per heavy atom. The fraction of sp³-hybridized carbons (Fsp3) is 0.333. The number of benzene rings is 2. The molecule has 0 saturated heterocycles. The summed E-state index contributed by atoms with van der Waals surface area (Å²) in [5.74, 6) is 1.55. The van der Waals surface area contributed by atoms with Crippen LogP contribution in [0.15, 0.2) is 36.4 Å². The molecule has 8 nitrogen and oxygen atoms in total. The first-order valence-electron chi connectivity index (χ1n) is 9.08. The molecule has 0 saturated carbocycles. The third-order valence-electron chi connectivity index (χ3n) is 4.58. The number of nitrogens with one attached hydrogen (secondary N) is 2. The molecule has 2 aromatic carbocycles. The normalized spacial score (nSPS) is 12.3. The van der Waals surface area contributed by atoms with Crippen molar-refractivity contribution in [1.29, 1.82) is 0 Å². The van der Waals surface area contributed by atoms with E-state index in [9.17, 15) is 9.59 Å². The van der Waals surface area contributed by atoms with E-state index in [4.69, 9.17) is 18.9 Å². The predicted molar refractivity (Wildman–Crippen MR) is 106 cm³/mol. The van der Waals surface area contributed by atoms with Gasteiger partial charge in [0.25, 0.3) is 11.8 Å². The van der Waals surface area contributed by atoms with Crippen molar-refractivity contribution in [3.63, 3.8) is 0 Å². The Morgan fingerprint density at radius 3 is 2.55 bits per heavy atom. The molecule has 2 amide bonds. The second kappa shape index (κ2) is 8.30. The molecule has 0 bridgehead atoms. The van der Waals surface area contributed by atoms with Crippen LogP contribution in [-0.4, -0.2) is 39.4 Å². The van der Waals surface area contributed by atoms with E-state index in [1.165, 1.54) is 14.2 Å². The third-order valence-corrected chi connectivity index (χ3v) is 4.58. The van der Waals surface area contributed by atoms with Gasteiger partial charge >= 0.3 is 0 Å². The van der Waals surface area contributed by atoms with Gasteiger partial charge in [0, 0.05) is 12.6 Å². The topological polar surface area (TPSA) is 95.1 Å². The van der Waals surface area contributed by atoms with Gasteiger partial charge in [-0.1, -0.05) is 6.07 Å². The summed E-state index contributed by atoms with van der Waals surface area (Å²) in [5, 5.41) is 5.49. The van der Waals surface area contributed by atoms with Crippen molar-refractivity contribution in [1.82, 2.24) is 10.6 Å². The molecule has 0 unspecified atom stereocenters. The van der Waals surface area contributed by atoms with Crippen LogP contribution in [0.3, 0.4) is 0 Å². The molecule has 0 spiro atoms. The van der Waals surface area contributed by atoms with Crippen LogP contribution in [0.5, 0.6) is 23.0 Å². The molecule has 8 heteroatoms. The number of rotatable bonds is 7. The van der Waals surface area contributed by atoms with E-state index in [-0.39, 0.29) is 25.2 Å². The summed E-state index contributed by atoms with van der Waals surface area (Å²) >= 11 is 0. The van der Waals surface area contributed by atoms with Crippen LogP contribution in [0, 0.1) is 0 Å². The largest absolute Gasteiger partial charge is 0.493 e. The summed E-state index contributed by atoms with van der Waals surface area (Å²) in [4.78, 5) is 24.2. The van der Waals surface area contributed by atoms with Crippen molar-refractivity contribution >= 4 is 11.8 Å². The van der Waals surface area contributed by atoms with Gasteiger partial charge in [-0.05, 0) is 49.7 Å². The minimum atomic E-state index is -0.653. The zero-order chi connectivity index (χ0) is 21.0. The monoisotopic (exact) mass is 400 g/mol. The average molecular weight is 400 g/mol. The lowest BCUT2D eigenvalue weighted by Crippen LogP contribution is -2.41. The van der Waals surface area contributed by atoms with Crippen molar-refractivity contribution in [3.05, 3.63) is 47.5 Å². The third kappa shape index (κ3) is 4.53. The van der Waals surface area contributed by atoms with Crippen LogP contribution in [0.2, 0.25) is 0 Å². The molecule has 0 atom stereocenters. The smallest absolute Gasteiger partial charge is 0.257 e. The molecule has 2 aromatic rings. The van der Waals surface area contributed by atoms with Gasteiger partial charge in [-0.2, -0.15) is 0 Å². The Balaban J connectivity index is 1.74. The number of likely N-dealkylation sites (N-methyl/N-ethyl adjacent to an activating group) is 1. The minimum absolute atomic E-state index is 0.143. The van der Waals surface area contributed by atoms with E-state index < -0.39 is 5.54 Å². The minimum Gasteiger partial charge on any atom is -0.493 e.